The first kappa shape index (κ1) is 27.3. The van der Waals surface area contributed by atoms with Crippen LogP contribution in [0.2, 0.25) is 0 Å². The third-order valence-corrected chi connectivity index (χ3v) is 5.99. The zero-order valence-corrected chi connectivity index (χ0v) is 21.8. The number of benzene rings is 1. The average molecular weight is 530 g/mol. The summed E-state index contributed by atoms with van der Waals surface area (Å²) in [5.41, 5.74) is 0.460. The van der Waals surface area contributed by atoms with Gasteiger partial charge in [0.2, 0.25) is 5.95 Å². The van der Waals surface area contributed by atoms with Crippen LogP contribution in [0.25, 0.3) is 11.3 Å². The molecule has 1 N–H and O–H groups in total. The van der Waals surface area contributed by atoms with Crippen LogP contribution in [-0.2, 0) is 15.7 Å². The van der Waals surface area contributed by atoms with Gasteiger partial charge in [-0.15, -0.1) is 0 Å². The SMILES string of the molecule is C[C@H](Nc1nccc(N2C(=O)OCC2[C@@H](C)OC(C)(C)C)n1)c1ccc(-c2cccc(C(F)(F)F)c2)nc1. The maximum atomic E-state index is 13.1. The zero-order chi connectivity index (χ0) is 27.7. The van der Waals surface area contributed by atoms with Crippen LogP contribution in [0.1, 0.15) is 51.8 Å². The molecule has 8 nitrogen and oxygen atoms in total. The molecule has 1 aliphatic rings. The second-order valence-corrected chi connectivity index (χ2v) is 10.1. The van der Waals surface area contributed by atoms with Gasteiger partial charge >= 0.3 is 12.3 Å². The fourth-order valence-corrected chi connectivity index (χ4v) is 4.20. The van der Waals surface area contributed by atoms with Crippen LogP contribution in [0.4, 0.5) is 29.7 Å². The number of alkyl halides is 3. The van der Waals surface area contributed by atoms with E-state index in [9.17, 15) is 18.0 Å². The monoisotopic (exact) mass is 529 g/mol. The lowest BCUT2D eigenvalue weighted by atomic mass is 10.1. The number of rotatable bonds is 7. The summed E-state index contributed by atoms with van der Waals surface area (Å²) in [5, 5.41) is 3.19. The van der Waals surface area contributed by atoms with Crippen LogP contribution >= 0.6 is 0 Å². The lowest BCUT2D eigenvalue weighted by Crippen LogP contribution is -2.45. The number of halogens is 3. The van der Waals surface area contributed by atoms with Crippen molar-refractivity contribution in [3.8, 4) is 11.3 Å². The quantitative estimate of drug-likeness (QED) is 0.386. The molecule has 0 spiro atoms. The van der Waals surface area contributed by atoms with Gasteiger partial charge in [-0.3, -0.25) is 9.88 Å². The van der Waals surface area contributed by atoms with Crippen LogP contribution in [0, 0.1) is 0 Å². The molecule has 11 heteroatoms. The molecule has 2 aromatic heterocycles. The average Bonchev–Trinajstić information content (AvgIpc) is 3.24. The van der Waals surface area contributed by atoms with Gasteiger partial charge in [0, 0.05) is 18.0 Å². The van der Waals surface area contributed by atoms with Crippen molar-refractivity contribution >= 4 is 17.9 Å². The van der Waals surface area contributed by atoms with Crippen molar-refractivity contribution in [2.45, 2.75) is 64.6 Å². The Kier molecular flexibility index (Phi) is 7.59. The predicted octanol–water partition coefficient (Wildman–Crippen LogP) is 6.26. The number of carbonyl (C=O) groups excluding carboxylic acids is 1. The van der Waals surface area contributed by atoms with Gasteiger partial charge in [-0.25, -0.2) is 9.78 Å². The summed E-state index contributed by atoms with van der Waals surface area (Å²) >= 11 is 0. The minimum absolute atomic E-state index is 0.184. The maximum Gasteiger partial charge on any atom is 0.416 e. The first-order chi connectivity index (χ1) is 17.8. The fourth-order valence-electron chi connectivity index (χ4n) is 4.20. The maximum absolute atomic E-state index is 13.1. The van der Waals surface area contributed by atoms with Crippen molar-refractivity contribution in [1.29, 1.82) is 0 Å². The van der Waals surface area contributed by atoms with Gasteiger partial charge in [-0.2, -0.15) is 18.2 Å². The minimum Gasteiger partial charge on any atom is -0.447 e. The Bertz CT molecular complexity index is 1280. The van der Waals surface area contributed by atoms with Crippen molar-refractivity contribution in [3.63, 3.8) is 0 Å². The Morgan fingerprint density at radius 3 is 2.53 bits per heavy atom. The van der Waals surface area contributed by atoms with E-state index in [1.165, 1.54) is 11.0 Å². The Morgan fingerprint density at radius 1 is 1.11 bits per heavy atom. The molecule has 4 rings (SSSR count). The number of cyclic esters (lactones) is 1. The molecule has 1 amide bonds. The first-order valence-corrected chi connectivity index (χ1v) is 12.2. The summed E-state index contributed by atoms with van der Waals surface area (Å²) in [6, 6.07) is 9.50. The molecule has 3 aromatic rings. The molecular formula is C27H30F3N5O3. The van der Waals surface area contributed by atoms with Gasteiger partial charge in [0.15, 0.2) is 0 Å². The molecule has 3 atom stereocenters. The second-order valence-electron chi connectivity index (χ2n) is 10.1. The number of ether oxygens (including phenoxy) is 2. The molecule has 38 heavy (non-hydrogen) atoms. The molecule has 0 bridgehead atoms. The highest BCUT2D eigenvalue weighted by Crippen LogP contribution is 2.32. The first-order valence-electron chi connectivity index (χ1n) is 12.2. The third-order valence-electron chi connectivity index (χ3n) is 5.99. The molecule has 1 aliphatic heterocycles. The van der Waals surface area contributed by atoms with Gasteiger partial charge in [0.05, 0.1) is 29.0 Å². The second kappa shape index (κ2) is 10.6. The summed E-state index contributed by atoms with van der Waals surface area (Å²) < 4.78 is 50.5. The van der Waals surface area contributed by atoms with Crippen LogP contribution in [-0.4, -0.2) is 45.4 Å². The van der Waals surface area contributed by atoms with E-state index in [0.29, 0.717) is 23.0 Å². The van der Waals surface area contributed by atoms with E-state index < -0.39 is 23.4 Å². The Labute approximate surface area is 219 Å². The standard InChI is InChI=1S/C27H30F3N5O3/c1-16(19-9-10-21(32-14-19)18-7-6-8-20(13-18)27(28,29)30)33-24-31-12-11-23(34-24)35-22(15-37-25(35)36)17(2)38-26(3,4)5/h6-14,16-17,22H,15H2,1-5H3,(H,31,33,34)/t16-,17+,22?/m0/s1. The topological polar surface area (TPSA) is 89.5 Å². The molecule has 0 radical (unpaired) electrons. The number of anilines is 2. The minimum atomic E-state index is -4.42. The van der Waals surface area contributed by atoms with Crippen LogP contribution < -0.4 is 10.2 Å². The Balaban J connectivity index is 1.48. The molecule has 0 aliphatic carbocycles. The van der Waals surface area contributed by atoms with Crippen molar-refractivity contribution in [3.05, 3.63) is 66.0 Å². The number of aromatic nitrogens is 3. The van der Waals surface area contributed by atoms with E-state index in [-0.39, 0.29) is 24.8 Å². The van der Waals surface area contributed by atoms with Crippen molar-refractivity contribution in [1.82, 2.24) is 15.0 Å². The highest BCUT2D eigenvalue weighted by Gasteiger charge is 2.40. The number of nitrogens with zero attached hydrogens (tertiary/aromatic N) is 4. The summed E-state index contributed by atoms with van der Waals surface area (Å²) in [6.07, 6.45) is -2.09. The van der Waals surface area contributed by atoms with Crippen molar-refractivity contribution in [2.24, 2.45) is 0 Å². The smallest absolute Gasteiger partial charge is 0.416 e. The van der Waals surface area contributed by atoms with Crippen LogP contribution in [0.5, 0.6) is 0 Å². The fraction of sp³-hybridized carbons (Fsp3) is 0.407. The summed E-state index contributed by atoms with van der Waals surface area (Å²) in [7, 11) is 0. The van der Waals surface area contributed by atoms with Gasteiger partial charge in [-0.1, -0.05) is 18.2 Å². The number of carbonyl (C=O) groups is 1. The largest absolute Gasteiger partial charge is 0.447 e. The number of nitrogens with one attached hydrogen (secondary N) is 1. The molecule has 202 valence electrons. The van der Waals surface area contributed by atoms with Gasteiger partial charge in [0.1, 0.15) is 18.5 Å². The van der Waals surface area contributed by atoms with Crippen LogP contribution in [0.15, 0.2) is 54.9 Å². The Morgan fingerprint density at radius 2 is 1.87 bits per heavy atom. The van der Waals surface area contributed by atoms with E-state index in [1.54, 1.807) is 36.7 Å². The van der Waals surface area contributed by atoms with E-state index in [0.717, 1.165) is 17.7 Å². The Hall–Kier alpha value is -3.73. The van der Waals surface area contributed by atoms with Gasteiger partial charge < -0.3 is 14.8 Å². The number of pyridine rings is 1. The van der Waals surface area contributed by atoms with E-state index >= 15 is 0 Å². The summed E-state index contributed by atoms with van der Waals surface area (Å²) in [5.74, 6) is 0.671. The highest BCUT2D eigenvalue weighted by atomic mass is 19.4. The number of hydrogen-bond donors (Lipinski definition) is 1. The predicted molar refractivity (Wildman–Crippen MR) is 137 cm³/mol. The number of hydrogen-bond acceptors (Lipinski definition) is 7. The van der Waals surface area contributed by atoms with Crippen molar-refractivity contribution in [2.75, 3.05) is 16.8 Å². The van der Waals surface area contributed by atoms with E-state index in [1.807, 2.05) is 34.6 Å². The van der Waals surface area contributed by atoms with Gasteiger partial charge in [-0.05, 0) is 64.4 Å². The zero-order valence-electron chi connectivity index (χ0n) is 21.8. The molecule has 1 fully saturated rings. The lowest BCUT2D eigenvalue weighted by Gasteiger charge is -2.31. The molecular weight excluding hydrogens is 499 g/mol. The van der Waals surface area contributed by atoms with E-state index in [2.05, 4.69) is 20.3 Å². The summed E-state index contributed by atoms with van der Waals surface area (Å²) in [6.45, 7) is 9.79. The normalized spacial score (nSPS) is 17.7. The molecule has 0 saturated carbocycles. The van der Waals surface area contributed by atoms with Crippen LogP contribution in [0.3, 0.4) is 0 Å². The van der Waals surface area contributed by atoms with Gasteiger partial charge in [0.25, 0.3) is 0 Å². The number of amides is 1. The molecule has 1 saturated heterocycles. The lowest BCUT2D eigenvalue weighted by molar-refractivity contribution is -0.137. The molecule has 1 unspecified atom stereocenters. The van der Waals surface area contributed by atoms with E-state index in [4.69, 9.17) is 9.47 Å². The van der Waals surface area contributed by atoms with Crippen molar-refractivity contribution < 1.29 is 27.4 Å². The third kappa shape index (κ3) is 6.39. The molecule has 3 heterocycles. The summed E-state index contributed by atoms with van der Waals surface area (Å²) in [4.78, 5) is 27.1. The highest BCUT2D eigenvalue weighted by molar-refractivity contribution is 5.89. The molecule has 1 aromatic carbocycles.